The van der Waals surface area contributed by atoms with E-state index < -0.39 is 10.0 Å². The lowest BCUT2D eigenvalue weighted by molar-refractivity contribution is 0.301. The van der Waals surface area contributed by atoms with Gasteiger partial charge < -0.3 is 20.3 Å². The van der Waals surface area contributed by atoms with Gasteiger partial charge >= 0.3 is 0 Å². The predicted octanol–water partition coefficient (Wildman–Crippen LogP) is 2.85. The first-order chi connectivity index (χ1) is 13.3. The fourth-order valence-corrected chi connectivity index (χ4v) is 3.79. The normalized spacial score (nSPS) is 14.7. The number of nitrogens with one attached hydrogen (secondary N) is 2. The molecule has 2 aromatic rings. The Morgan fingerprint density at radius 1 is 1.32 bits per heavy atom. The number of fused-ring (bicyclic) bond motifs is 4. The maximum absolute atomic E-state index is 12.6. The summed E-state index contributed by atoms with van der Waals surface area (Å²) in [6.07, 6.45) is 4.49. The van der Waals surface area contributed by atoms with Crippen molar-refractivity contribution in [2.45, 2.75) is 17.7 Å². The molecule has 0 atom stereocenters. The molecule has 2 N–H and O–H groups in total. The van der Waals surface area contributed by atoms with Crippen molar-refractivity contribution in [3.05, 3.63) is 28.9 Å². The molecule has 1 aliphatic heterocycles. The second-order valence-electron chi connectivity index (χ2n) is 6.32. The zero-order valence-electron chi connectivity index (χ0n) is 15.5. The molecule has 1 aromatic carbocycles. The minimum Gasteiger partial charge on any atom is -0.492 e. The summed E-state index contributed by atoms with van der Waals surface area (Å²) in [6.45, 7) is 1.09. The Morgan fingerprint density at radius 2 is 2.14 bits per heavy atom. The van der Waals surface area contributed by atoms with Crippen molar-refractivity contribution in [2.75, 3.05) is 37.9 Å². The standard InChI is InChI=1S/C17H21BrN6O3S/c1-24(2)11-21-28(25,26)15-6-5-12-9-14(15)27-8-4-3-7-19-16-13(18)10-20-17(22-12)23-16/h5-6,9-11H,3-4,7-8H2,1-2H3,(H2,19,20,22,23)/b21-11+. The highest BCUT2D eigenvalue weighted by Crippen LogP contribution is 2.31. The molecule has 0 unspecified atom stereocenters. The fraction of sp³-hybridized carbons (Fsp3) is 0.353. The molecule has 150 valence electrons. The van der Waals surface area contributed by atoms with E-state index in [9.17, 15) is 8.42 Å². The van der Waals surface area contributed by atoms with Crippen molar-refractivity contribution in [1.82, 2.24) is 14.9 Å². The number of rotatable bonds is 3. The topological polar surface area (TPSA) is 109 Å². The Hall–Kier alpha value is -2.40. The van der Waals surface area contributed by atoms with Crippen LogP contribution >= 0.6 is 15.9 Å². The van der Waals surface area contributed by atoms with Gasteiger partial charge in [0.05, 0.1) is 11.1 Å². The van der Waals surface area contributed by atoms with Crippen LogP contribution in [0.1, 0.15) is 12.8 Å². The fourth-order valence-electron chi connectivity index (χ4n) is 2.42. The zero-order chi connectivity index (χ0) is 20.1. The number of sulfonamides is 1. The highest BCUT2D eigenvalue weighted by atomic mass is 79.9. The Labute approximate surface area is 172 Å². The molecule has 11 heteroatoms. The molecular weight excluding hydrogens is 448 g/mol. The van der Waals surface area contributed by atoms with Crippen LogP contribution in [0.4, 0.5) is 17.5 Å². The lowest BCUT2D eigenvalue weighted by Crippen LogP contribution is -2.11. The molecule has 4 bridgehead atoms. The molecule has 0 saturated carbocycles. The van der Waals surface area contributed by atoms with Gasteiger partial charge in [0.15, 0.2) is 0 Å². The van der Waals surface area contributed by atoms with Gasteiger partial charge in [0, 0.05) is 38.6 Å². The minimum absolute atomic E-state index is 0.0153. The molecule has 2 heterocycles. The lowest BCUT2D eigenvalue weighted by Gasteiger charge is -2.13. The SMILES string of the molecule is CN(C)/C=N/S(=O)(=O)c1ccc2cc1OCCCCNc1nc(ncc1Br)N2. The molecule has 1 aromatic heterocycles. The van der Waals surface area contributed by atoms with Crippen molar-refractivity contribution >= 4 is 49.7 Å². The average Bonchev–Trinajstić information content (AvgIpc) is 2.65. The molecule has 28 heavy (non-hydrogen) atoms. The quantitative estimate of drug-likeness (QED) is 0.522. The summed E-state index contributed by atoms with van der Waals surface area (Å²) in [4.78, 5) is 10.2. The van der Waals surface area contributed by atoms with E-state index in [1.807, 2.05) is 0 Å². The van der Waals surface area contributed by atoms with Gasteiger partial charge in [-0.1, -0.05) is 0 Å². The van der Waals surface area contributed by atoms with Crippen LogP contribution in [-0.4, -0.2) is 56.9 Å². The van der Waals surface area contributed by atoms with Crippen molar-refractivity contribution < 1.29 is 13.2 Å². The summed E-state index contributed by atoms with van der Waals surface area (Å²) in [5.41, 5.74) is 0.609. The number of anilines is 3. The van der Waals surface area contributed by atoms with Crippen molar-refractivity contribution in [3.63, 3.8) is 0 Å². The van der Waals surface area contributed by atoms with Gasteiger partial charge in [0.25, 0.3) is 10.0 Å². The molecule has 0 radical (unpaired) electrons. The second kappa shape index (κ2) is 8.74. The first-order valence-electron chi connectivity index (χ1n) is 8.62. The Kier molecular flexibility index (Phi) is 6.35. The molecule has 9 nitrogen and oxygen atoms in total. The Bertz CT molecular complexity index is 981. The molecule has 0 aliphatic carbocycles. The maximum atomic E-state index is 12.6. The summed E-state index contributed by atoms with van der Waals surface area (Å²) in [5, 5.41) is 6.32. The molecule has 0 saturated heterocycles. The van der Waals surface area contributed by atoms with E-state index in [1.54, 1.807) is 37.3 Å². The largest absolute Gasteiger partial charge is 0.492 e. The molecule has 0 fully saturated rings. The minimum atomic E-state index is -3.89. The van der Waals surface area contributed by atoms with Crippen molar-refractivity contribution in [3.8, 4) is 5.75 Å². The monoisotopic (exact) mass is 468 g/mol. The highest BCUT2D eigenvalue weighted by molar-refractivity contribution is 9.10. The zero-order valence-corrected chi connectivity index (χ0v) is 17.9. The molecule has 3 rings (SSSR count). The van der Waals surface area contributed by atoms with E-state index in [0.717, 1.165) is 17.3 Å². The lowest BCUT2D eigenvalue weighted by atomic mass is 10.3. The van der Waals surface area contributed by atoms with Crippen molar-refractivity contribution in [1.29, 1.82) is 0 Å². The summed E-state index contributed by atoms with van der Waals surface area (Å²) in [5.74, 6) is 1.32. The summed E-state index contributed by atoms with van der Waals surface area (Å²) in [7, 11) is -0.489. The maximum Gasteiger partial charge on any atom is 0.287 e. The van der Waals surface area contributed by atoms with Crippen LogP contribution in [0.3, 0.4) is 0 Å². The Balaban J connectivity index is 1.99. The van der Waals surface area contributed by atoms with Gasteiger partial charge in [-0.15, -0.1) is 4.40 Å². The number of hydrogen-bond acceptors (Lipinski definition) is 7. The smallest absolute Gasteiger partial charge is 0.287 e. The summed E-state index contributed by atoms with van der Waals surface area (Å²) in [6, 6.07) is 4.72. The van der Waals surface area contributed by atoms with Crippen molar-refractivity contribution in [2.24, 2.45) is 4.40 Å². The van der Waals surface area contributed by atoms with E-state index in [-0.39, 0.29) is 10.6 Å². The van der Waals surface area contributed by atoms with Crippen LogP contribution in [0.5, 0.6) is 5.75 Å². The second-order valence-corrected chi connectivity index (χ2v) is 8.77. The van der Waals surface area contributed by atoms with E-state index in [1.165, 1.54) is 12.4 Å². The number of benzene rings is 1. The number of halogens is 1. The van der Waals surface area contributed by atoms with E-state index in [0.29, 0.717) is 30.6 Å². The van der Waals surface area contributed by atoms with Crippen LogP contribution in [0.15, 0.2) is 38.2 Å². The van der Waals surface area contributed by atoms with E-state index in [4.69, 9.17) is 4.74 Å². The van der Waals surface area contributed by atoms with Gasteiger partial charge in [0.2, 0.25) is 5.95 Å². The number of hydrogen-bond donors (Lipinski definition) is 2. The Morgan fingerprint density at radius 3 is 2.93 bits per heavy atom. The predicted molar refractivity (Wildman–Crippen MR) is 112 cm³/mol. The summed E-state index contributed by atoms with van der Waals surface area (Å²) < 4.78 is 35.4. The highest BCUT2D eigenvalue weighted by Gasteiger charge is 2.20. The van der Waals surface area contributed by atoms with Gasteiger partial charge in [-0.3, -0.25) is 0 Å². The number of aromatic nitrogens is 2. The van der Waals surface area contributed by atoms with Crippen LogP contribution in [0, 0.1) is 0 Å². The van der Waals surface area contributed by atoms with Crippen LogP contribution < -0.4 is 15.4 Å². The third-order valence-corrected chi connectivity index (χ3v) is 5.61. The number of nitrogens with zero attached hydrogens (tertiary/aromatic N) is 4. The first kappa shape index (κ1) is 20.3. The first-order valence-corrected chi connectivity index (χ1v) is 10.9. The van der Waals surface area contributed by atoms with Gasteiger partial charge in [-0.05, 0) is 40.9 Å². The van der Waals surface area contributed by atoms with E-state index in [2.05, 4.69) is 40.9 Å². The third kappa shape index (κ3) is 5.10. The third-order valence-electron chi connectivity index (χ3n) is 3.76. The number of ether oxygens (including phenoxy) is 1. The van der Waals surface area contributed by atoms with Gasteiger partial charge in [-0.25, -0.2) is 4.98 Å². The summed E-state index contributed by atoms with van der Waals surface area (Å²) >= 11 is 3.43. The molecule has 0 amide bonds. The van der Waals surface area contributed by atoms with Crippen LogP contribution in [-0.2, 0) is 10.0 Å². The van der Waals surface area contributed by atoms with E-state index >= 15 is 0 Å². The van der Waals surface area contributed by atoms with Gasteiger partial charge in [0.1, 0.15) is 22.8 Å². The molecule has 0 spiro atoms. The van der Waals surface area contributed by atoms with Crippen LogP contribution in [0.2, 0.25) is 0 Å². The average molecular weight is 469 g/mol. The van der Waals surface area contributed by atoms with Crippen LogP contribution in [0.25, 0.3) is 0 Å². The van der Waals surface area contributed by atoms with Gasteiger partial charge in [-0.2, -0.15) is 13.4 Å². The molecule has 1 aliphatic rings. The molecular formula is C17H21BrN6O3S.